The van der Waals surface area contributed by atoms with E-state index in [1.54, 1.807) is 12.4 Å². The monoisotopic (exact) mass is 342 g/mol. The third kappa shape index (κ3) is 2.58. The first kappa shape index (κ1) is 15.8. The molecule has 0 bridgehead atoms. The number of aromatic nitrogens is 1. The SMILES string of the molecule is N#C[C@H]1CN(C2CCC(F)(F)C2)C(=O)N1c1cncc2ccccc12. The van der Waals surface area contributed by atoms with Crippen LogP contribution in [0.4, 0.5) is 19.3 Å². The van der Waals surface area contributed by atoms with Gasteiger partial charge in [-0.15, -0.1) is 0 Å². The van der Waals surface area contributed by atoms with Crippen molar-refractivity contribution >= 4 is 22.5 Å². The van der Waals surface area contributed by atoms with Crippen molar-refractivity contribution < 1.29 is 13.6 Å². The molecule has 1 saturated heterocycles. The summed E-state index contributed by atoms with van der Waals surface area (Å²) in [7, 11) is 0. The van der Waals surface area contributed by atoms with Crippen molar-refractivity contribution in [2.45, 2.75) is 37.3 Å². The molecule has 25 heavy (non-hydrogen) atoms. The highest BCUT2D eigenvalue weighted by Gasteiger charge is 2.48. The van der Waals surface area contributed by atoms with Crippen LogP contribution in [-0.4, -0.2) is 40.5 Å². The van der Waals surface area contributed by atoms with Crippen molar-refractivity contribution in [1.29, 1.82) is 5.26 Å². The molecule has 2 aromatic rings. The Morgan fingerprint density at radius 3 is 2.80 bits per heavy atom. The van der Waals surface area contributed by atoms with Gasteiger partial charge in [0.25, 0.3) is 0 Å². The fraction of sp³-hybridized carbons (Fsp3) is 0.389. The Balaban J connectivity index is 1.72. The van der Waals surface area contributed by atoms with Crippen LogP contribution in [0, 0.1) is 11.3 Å². The van der Waals surface area contributed by atoms with Gasteiger partial charge in [-0.05, 0) is 6.42 Å². The van der Waals surface area contributed by atoms with Crippen LogP contribution >= 0.6 is 0 Å². The maximum atomic E-state index is 13.6. The number of alkyl halides is 2. The van der Waals surface area contributed by atoms with Crippen LogP contribution < -0.4 is 4.90 Å². The van der Waals surface area contributed by atoms with Crippen molar-refractivity contribution in [3.8, 4) is 6.07 Å². The highest BCUT2D eigenvalue weighted by atomic mass is 19.3. The number of halogens is 2. The van der Waals surface area contributed by atoms with E-state index in [1.807, 2.05) is 24.3 Å². The molecule has 2 heterocycles. The molecule has 0 N–H and O–H groups in total. The van der Waals surface area contributed by atoms with Gasteiger partial charge in [-0.25, -0.2) is 13.6 Å². The van der Waals surface area contributed by atoms with Crippen LogP contribution in [0.5, 0.6) is 0 Å². The van der Waals surface area contributed by atoms with E-state index in [-0.39, 0.29) is 25.8 Å². The number of urea groups is 1. The average Bonchev–Trinajstić information content (AvgIpc) is 3.13. The van der Waals surface area contributed by atoms with E-state index in [0.717, 1.165) is 10.8 Å². The predicted molar refractivity (Wildman–Crippen MR) is 88.3 cm³/mol. The number of pyridine rings is 1. The highest BCUT2D eigenvalue weighted by molar-refractivity contribution is 6.04. The van der Waals surface area contributed by atoms with Gasteiger partial charge in [0.05, 0.1) is 24.5 Å². The minimum Gasteiger partial charge on any atom is -0.318 e. The third-order valence-electron chi connectivity index (χ3n) is 5.01. The molecule has 0 spiro atoms. The smallest absolute Gasteiger partial charge is 0.318 e. The highest BCUT2D eigenvalue weighted by Crippen LogP contribution is 2.40. The molecule has 0 radical (unpaired) electrons. The van der Waals surface area contributed by atoms with Crippen molar-refractivity contribution in [2.75, 3.05) is 11.4 Å². The Kier molecular flexibility index (Phi) is 3.57. The average molecular weight is 342 g/mol. The number of amides is 2. The van der Waals surface area contributed by atoms with E-state index in [0.29, 0.717) is 5.69 Å². The second-order valence-corrected chi connectivity index (χ2v) is 6.58. The van der Waals surface area contributed by atoms with Gasteiger partial charge in [0.1, 0.15) is 6.04 Å². The van der Waals surface area contributed by atoms with Crippen LogP contribution in [0.25, 0.3) is 10.8 Å². The molecule has 128 valence electrons. The number of nitriles is 1. The minimum atomic E-state index is -2.73. The molecule has 2 amide bonds. The number of rotatable bonds is 2. The van der Waals surface area contributed by atoms with Gasteiger partial charge in [-0.3, -0.25) is 9.88 Å². The van der Waals surface area contributed by atoms with Crippen LogP contribution in [0.15, 0.2) is 36.7 Å². The van der Waals surface area contributed by atoms with Gasteiger partial charge >= 0.3 is 6.03 Å². The Morgan fingerprint density at radius 2 is 2.08 bits per heavy atom. The van der Waals surface area contributed by atoms with E-state index < -0.39 is 24.0 Å². The zero-order chi connectivity index (χ0) is 17.6. The van der Waals surface area contributed by atoms with Gasteiger partial charge < -0.3 is 4.90 Å². The lowest BCUT2D eigenvalue weighted by molar-refractivity contribution is 0.00359. The number of nitrogens with zero attached hydrogens (tertiary/aromatic N) is 4. The second-order valence-electron chi connectivity index (χ2n) is 6.58. The van der Waals surface area contributed by atoms with Crippen molar-refractivity contribution in [2.24, 2.45) is 0 Å². The van der Waals surface area contributed by atoms with E-state index >= 15 is 0 Å². The molecule has 2 atom stereocenters. The van der Waals surface area contributed by atoms with Crippen LogP contribution in [0.3, 0.4) is 0 Å². The van der Waals surface area contributed by atoms with Crippen molar-refractivity contribution in [3.05, 3.63) is 36.7 Å². The Morgan fingerprint density at radius 1 is 1.28 bits per heavy atom. The van der Waals surface area contributed by atoms with E-state index in [2.05, 4.69) is 11.1 Å². The van der Waals surface area contributed by atoms with Gasteiger partial charge in [0, 0.05) is 35.9 Å². The molecule has 4 rings (SSSR count). The second kappa shape index (κ2) is 5.66. The lowest BCUT2D eigenvalue weighted by Gasteiger charge is -2.24. The molecule has 1 aromatic carbocycles. The lowest BCUT2D eigenvalue weighted by atomic mass is 10.1. The van der Waals surface area contributed by atoms with Crippen molar-refractivity contribution in [3.63, 3.8) is 0 Å². The van der Waals surface area contributed by atoms with Gasteiger partial charge in [-0.1, -0.05) is 24.3 Å². The molecule has 1 aliphatic carbocycles. The molecular weight excluding hydrogens is 326 g/mol. The number of fused-ring (bicyclic) bond motifs is 1. The number of hydrogen-bond donors (Lipinski definition) is 0. The fourth-order valence-corrected chi connectivity index (χ4v) is 3.78. The summed E-state index contributed by atoms with van der Waals surface area (Å²) in [5, 5.41) is 11.2. The summed E-state index contributed by atoms with van der Waals surface area (Å²) in [6, 6.07) is 7.96. The Hall–Kier alpha value is -2.75. The van der Waals surface area contributed by atoms with E-state index in [9.17, 15) is 18.8 Å². The molecule has 2 aliphatic rings. The molecule has 1 aliphatic heterocycles. The molecule has 1 saturated carbocycles. The van der Waals surface area contributed by atoms with Crippen LogP contribution in [-0.2, 0) is 0 Å². The number of anilines is 1. The maximum absolute atomic E-state index is 13.6. The maximum Gasteiger partial charge on any atom is 0.326 e. The number of carbonyl (C=O) groups excluding carboxylic acids is 1. The largest absolute Gasteiger partial charge is 0.326 e. The molecule has 7 heteroatoms. The first-order valence-corrected chi connectivity index (χ1v) is 8.20. The van der Waals surface area contributed by atoms with Gasteiger partial charge in [-0.2, -0.15) is 5.26 Å². The quantitative estimate of drug-likeness (QED) is 0.838. The molecule has 1 aromatic heterocycles. The van der Waals surface area contributed by atoms with E-state index in [4.69, 9.17) is 0 Å². The summed E-state index contributed by atoms with van der Waals surface area (Å²) in [6.45, 7) is 0.138. The Labute approximate surface area is 143 Å². The van der Waals surface area contributed by atoms with Gasteiger partial charge in [0.15, 0.2) is 0 Å². The van der Waals surface area contributed by atoms with Gasteiger partial charge in [0.2, 0.25) is 5.92 Å². The minimum absolute atomic E-state index is 0.138. The fourth-order valence-electron chi connectivity index (χ4n) is 3.78. The predicted octanol–water partition coefficient (Wildman–Crippen LogP) is 3.56. The molecule has 2 fully saturated rings. The van der Waals surface area contributed by atoms with Crippen LogP contribution in [0.2, 0.25) is 0 Å². The zero-order valence-corrected chi connectivity index (χ0v) is 13.4. The Bertz CT molecular complexity index is 874. The normalized spacial score (nSPS) is 25.6. The summed E-state index contributed by atoms with van der Waals surface area (Å²) in [4.78, 5) is 19.9. The third-order valence-corrected chi connectivity index (χ3v) is 5.01. The van der Waals surface area contributed by atoms with Crippen LogP contribution in [0.1, 0.15) is 19.3 Å². The van der Waals surface area contributed by atoms with E-state index in [1.165, 1.54) is 9.80 Å². The molecule has 5 nitrogen and oxygen atoms in total. The zero-order valence-electron chi connectivity index (χ0n) is 13.4. The summed E-state index contributed by atoms with van der Waals surface area (Å²) in [6.07, 6.45) is 2.96. The van der Waals surface area contributed by atoms with Crippen molar-refractivity contribution in [1.82, 2.24) is 9.88 Å². The number of carbonyl (C=O) groups is 1. The topological polar surface area (TPSA) is 60.2 Å². The summed E-state index contributed by atoms with van der Waals surface area (Å²) < 4.78 is 27.1. The first-order chi connectivity index (χ1) is 12.0. The lowest BCUT2D eigenvalue weighted by Crippen LogP contribution is -2.39. The number of benzene rings is 1. The summed E-state index contributed by atoms with van der Waals surface area (Å²) in [5.41, 5.74) is 0.543. The summed E-state index contributed by atoms with van der Waals surface area (Å²) >= 11 is 0. The number of hydrogen-bond acceptors (Lipinski definition) is 3. The summed E-state index contributed by atoms with van der Waals surface area (Å²) in [5.74, 6) is -2.73. The standard InChI is InChI=1S/C18H16F2N4O/c19-18(20)6-5-13(7-18)23-11-14(8-21)24(17(23)25)16-10-22-9-12-3-1-2-4-15(12)16/h1-4,9-10,13-14H,5-7,11H2/t13?,14-/m0/s1. The molecular formula is C18H16F2N4O. The molecule has 1 unspecified atom stereocenters. The first-order valence-electron chi connectivity index (χ1n) is 8.20.